The van der Waals surface area contributed by atoms with Crippen molar-refractivity contribution in [2.45, 2.75) is 0 Å². The molecule has 3 N–H and O–H groups in total. The Bertz CT molecular complexity index is 708. The third-order valence-electron chi connectivity index (χ3n) is 2.74. The van der Waals surface area contributed by atoms with E-state index in [2.05, 4.69) is 21.2 Å². The molecule has 21 heavy (non-hydrogen) atoms. The summed E-state index contributed by atoms with van der Waals surface area (Å²) < 4.78 is 31.6. The summed E-state index contributed by atoms with van der Waals surface area (Å²) in [7, 11) is 1.32. The van der Waals surface area contributed by atoms with E-state index in [-0.39, 0.29) is 21.5 Å². The number of halogens is 3. The lowest BCUT2D eigenvalue weighted by Crippen LogP contribution is -2.13. The molecule has 0 spiro atoms. The smallest absolute Gasteiger partial charge is 0.256 e. The van der Waals surface area contributed by atoms with Gasteiger partial charge in [0.15, 0.2) is 11.6 Å². The Hall–Kier alpha value is -2.15. The predicted molar refractivity (Wildman–Crippen MR) is 79.4 cm³/mol. The number of ether oxygens (including phenoxy) is 1. The molecule has 0 aromatic heterocycles. The van der Waals surface area contributed by atoms with Gasteiger partial charge >= 0.3 is 0 Å². The summed E-state index contributed by atoms with van der Waals surface area (Å²) in [5.74, 6) is -1.67. The summed E-state index contributed by atoms with van der Waals surface area (Å²) in [6.45, 7) is 0. The standard InChI is InChI=1S/C14H11BrF2N2O2/c1-21-13-4-7(2-3-10(13)16)19-14(20)8-5-12(18)11(17)6-9(8)15/h2-6H,18H2,1H3,(H,19,20). The van der Waals surface area contributed by atoms with Crippen LogP contribution >= 0.6 is 15.9 Å². The Balaban J connectivity index is 2.28. The van der Waals surface area contributed by atoms with E-state index in [0.29, 0.717) is 5.69 Å². The lowest BCUT2D eigenvalue weighted by Gasteiger charge is -2.10. The second kappa shape index (κ2) is 6.09. The van der Waals surface area contributed by atoms with Crippen LogP contribution in [0.3, 0.4) is 0 Å². The molecule has 7 heteroatoms. The van der Waals surface area contributed by atoms with Crippen LogP contribution < -0.4 is 15.8 Å². The maximum Gasteiger partial charge on any atom is 0.256 e. The SMILES string of the molecule is COc1cc(NC(=O)c2cc(N)c(F)cc2Br)ccc1F. The van der Waals surface area contributed by atoms with Gasteiger partial charge in [-0.1, -0.05) is 0 Å². The Morgan fingerprint density at radius 2 is 1.95 bits per heavy atom. The van der Waals surface area contributed by atoms with Crippen LogP contribution in [0.1, 0.15) is 10.4 Å². The van der Waals surface area contributed by atoms with E-state index in [1.54, 1.807) is 0 Å². The van der Waals surface area contributed by atoms with Crippen LogP contribution in [-0.4, -0.2) is 13.0 Å². The largest absolute Gasteiger partial charge is 0.494 e. The van der Waals surface area contributed by atoms with Gasteiger partial charge in [-0.2, -0.15) is 0 Å². The molecule has 1 amide bonds. The van der Waals surface area contributed by atoms with Gasteiger partial charge in [-0.3, -0.25) is 4.79 Å². The first-order chi connectivity index (χ1) is 9.92. The van der Waals surface area contributed by atoms with E-state index >= 15 is 0 Å². The Kier molecular flexibility index (Phi) is 4.42. The van der Waals surface area contributed by atoms with Crippen LogP contribution in [0, 0.1) is 11.6 Å². The van der Waals surface area contributed by atoms with Crippen LogP contribution in [0.15, 0.2) is 34.8 Å². The molecule has 2 rings (SSSR count). The third-order valence-corrected chi connectivity index (χ3v) is 3.40. The Labute approximate surface area is 128 Å². The van der Waals surface area contributed by atoms with Crippen LogP contribution in [0.5, 0.6) is 5.75 Å². The molecule has 0 aliphatic carbocycles. The van der Waals surface area contributed by atoms with Gasteiger partial charge in [-0.05, 0) is 40.2 Å². The molecule has 2 aromatic carbocycles. The molecule has 0 saturated carbocycles. The van der Waals surface area contributed by atoms with Crippen LogP contribution in [0.2, 0.25) is 0 Å². The molecule has 0 unspecified atom stereocenters. The van der Waals surface area contributed by atoms with Crippen LogP contribution in [0.25, 0.3) is 0 Å². The highest BCUT2D eigenvalue weighted by atomic mass is 79.9. The van der Waals surface area contributed by atoms with Crippen molar-refractivity contribution < 1.29 is 18.3 Å². The maximum absolute atomic E-state index is 13.3. The molecule has 0 aliphatic rings. The van der Waals surface area contributed by atoms with E-state index in [9.17, 15) is 13.6 Å². The fourth-order valence-electron chi connectivity index (χ4n) is 1.68. The quantitative estimate of drug-likeness (QED) is 0.826. The highest BCUT2D eigenvalue weighted by Gasteiger charge is 2.14. The van der Waals surface area contributed by atoms with Crippen molar-refractivity contribution in [1.29, 1.82) is 0 Å². The van der Waals surface area contributed by atoms with Crippen molar-refractivity contribution in [3.63, 3.8) is 0 Å². The highest BCUT2D eigenvalue weighted by molar-refractivity contribution is 9.10. The zero-order valence-corrected chi connectivity index (χ0v) is 12.5. The van der Waals surface area contributed by atoms with Crippen molar-refractivity contribution in [1.82, 2.24) is 0 Å². The van der Waals surface area contributed by atoms with Gasteiger partial charge in [0, 0.05) is 16.2 Å². The van der Waals surface area contributed by atoms with E-state index in [0.717, 1.165) is 6.07 Å². The number of methoxy groups -OCH3 is 1. The minimum atomic E-state index is -0.623. The average Bonchev–Trinajstić information content (AvgIpc) is 2.44. The van der Waals surface area contributed by atoms with Crippen LogP contribution in [-0.2, 0) is 0 Å². The number of benzene rings is 2. The molecule has 0 heterocycles. The van der Waals surface area contributed by atoms with E-state index in [4.69, 9.17) is 10.5 Å². The number of amides is 1. The van der Waals surface area contributed by atoms with E-state index in [1.807, 2.05) is 0 Å². The summed E-state index contributed by atoms with van der Waals surface area (Å²) in [6, 6.07) is 6.22. The van der Waals surface area contributed by atoms with Crippen molar-refractivity contribution in [2.75, 3.05) is 18.2 Å². The van der Waals surface area contributed by atoms with Gasteiger partial charge in [-0.25, -0.2) is 8.78 Å². The summed E-state index contributed by atoms with van der Waals surface area (Å²) in [5, 5.41) is 2.55. The molecule has 2 aromatic rings. The summed E-state index contributed by atoms with van der Waals surface area (Å²) in [4.78, 5) is 12.1. The monoisotopic (exact) mass is 356 g/mol. The maximum atomic E-state index is 13.3. The minimum Gasteiger partial charge on any atom is -0.494 e. The molecule has 0 bridgehead atoms. The number of nitrogens with two attached hydrogens (primary N) is 1. The van der Waals surface area contributed by atoms with Gasteiger partial charge in [-0.15, -0.1) is 0 Å². The minimum absolute atomic E-state index is 0.00508. The topological polar surface area (TPSA) is 64.3 Å². The number of carbonyl (C=O) groups is 1. The van der Waals surface area contributed by atoms with Crippen molar-refractivity contribution >= 4 is 33.2 Å². The van der Waals surface area contributed by atoms with E-state index in [1.165, 1.54) is 31.4 Å². The molecule has 4 nitrogen and oxygen atoms in total. The molecule has 0 aliphatic heterocycles. The summed E-state index contributed by atoms with van der Waals surface area (Å²) in [6.07, 6.45) is 0. The average molecular weight is 357 g/mol. The third kappa shape index (κ3) is 3.30. The van der Waals surface area contributed by atoms with Gasteiger partial charge in [0.2, 0.25) is 0 Å². The van der Waals surface area contributed by atoms with Crippen LogP contribution in [0.4, 0.5) is 20.2 Å². The molecule has 0 atom stereocenters. The number of hydrogen-bond acceptors (Lipinski definition) is 3. The number of hydrogen-bond donors (Lipinski definition) is 2. The normalized spacial score (nSPS) is 10.3. The molecule has 0 radical (unpaired) electrons. The van der Waals surface area contributed by atoms with Crippen molar-refractivity contribution in [3.8, 4) is 5.75 Å². The molecular weight excluding hydrogens is 346 g/mol. The number of anilines is 2. The highest BCUT2D eigenvalue weighted by Crippen LogP contribution is 2.25. The van der Waals surface area contributed by atoms with Crippen molar-refractivity contribution in [3.05, 3.63) is 52.0 Å². The molecular formula is C14H11BrF2N2O2. The predicted octanol–water partition coefficient (Wildman–Crippen LogP) is 3.57. The first kappa shape index (κ1) is 15.2. The molecule has 110 valence electrons. The fraction of sp³-hybridized carbons (Fsp3) is 0.0714. The molecule has 0 saturated heterocycles. The number of nitrogens with one attached hydrogen (secondary N) is 1. The zero-order valence-electron chi connectivity index (χ0n) is 10.9. The number of rotatable bonds is 3. The Morgan fingerprint density at radius 1 is 1.24 bits per heavy atom. The van der Waals surface area contributed by atoms with Crippen molar-refractivity contribution in [2.24, 2.45) is 0 Å². The lowest BCUT2D eigenvalue weighted by atomic mass is 10.1. The first-order valence-corrected chi connectivity index (χ1v) is 6.61. The molecule has 0 fully saturated rings. The number of nitrogen functional groups attached to an aromatic ring is 1. The summed E-state index contributed by atoms with van der Waals surface area (Å²) in [5.41, 5.74) is 5.81. The van der Waals surface area contributed by atoms with Gasteiger partial charge in [0.25, 0.3) is 5.91 Å². The second-order valence-electron chi connectivity index (χ2n) is 4.16. The van der Waals surface area contributed by atoms with Gasteiger partial charge in [0.1, 0.15) is 5.82 Å². The first-order valence-electron chi connectivity index (χ1n) is 5.81. The zero-order chi connectivity index (χ0) is 15.6. The Morgan fingerprint density at radius 3 is 2.62 bits per heavy atom. The fourth-order valence-corrected chi connectivity index (χ4v) is 2.17. The van der Waals surface area contributed by atoms with Gasteiger partial charge < -0.3 is 15.8 Å². The number of carbonyl (C=O) groups excluding carboxylic acids is 1. The van der Waals surface area contributed by atoms with Gasteiger partial charge in [0.05, 0.1) is 18.4 Å². The lowest BCUT2D eigenvalue weighted by molar-refractivity contribution is 0.102. The second-order valence-corrected chi connectivity index (χ2v) is 5.01. The summed E-state index contributed by atoms with van der Waals surface area (Å²) >= 11 is 3.09. The van der Waals surface area contributed by atoms with E-state index < -0.39 is 17.5 Å².